The molecule has 1 aliphatic rings. The Labute approximate surface area is 156 Å². The van der Waals surface area contributed by atoms with E-state index in [4.69, 9.17) is 10.1 Å². The highest BCUT2D eigenvalue weighted by atomic mass is 79.9. The summed E-state index contributed by atoms with van der Waals surface area (Å²) in [7, 11) is 0. The van der Waals surface area contributed by atoms with Crippen LogP contribution in [-0.4, -0.2) is 22.4 Å². The van der Waals surface area contributed by atoms with Gasteiger partial charge in [-0.1, -0.05) is 30.5 Å². The van der Waals surface area contributed by atoms with Crippen molar-refractivity contribution in [3.63, 3.8) is 0 Å². The zero-order chi connectivity index (χ0) is 17.1. The molecule has 122 valence electrons. The van der Waals surface area contributed by atoms with Gasteiger partial charge in [0, 0.05) is 11.6 Å². The van der Waals surface area contributed by atoms with E-state index in [9.17, 15) is 4.79 Å². The van der Waals surface area contributed by atoms with Crippen LogP contribution in [0.2, 0.25) is 0 Å². The van der Waals surface area contributed by atoms with E-state index in [2.05, 4.69) is 27.5 Å². The number of allylic oxidation sites excluding steroid dienone is 1. The van der Waals surface area contributed by atoms with Crippen molar-refractivity contribution in [2.45, 2.75) is 5.92 Å². The Bertz CT molecular complexity index is 831. The molecule has 1 atom stereocenters. The van der Waals surface area contributed by atoms with E-state index in [-0.39, 0.29) is 5.78 Å². The minimum Gasteiger partial charge on any atom is -0.488 e. The minimum atomic E-state index is -0.556. The highest BCUT2D eigenvalue weighted by Crippen LogP contribution is 2.41. The van der Waals surface area contributed by atoms with E-state index in [0.29, 0.717) is 21.6 Å². The average Bonchev–Trinajstić information content (AvgIpc) is 3.15. The lowest BCUT2D eigenvalue weighted by atomic mass is 10.1. The van der Waals surface area contributed by atoms with Gasteiger partial charge in [0.2, 0.25) is 0 Å². The Morgan fingerprint density at radius 1 is 1.46 bits per heavy atom. The molecule has 0 amide bonds. The number of aromatic nitrogens is 1. The molecule has 0 saturated carbocycles. The fourth-order valence-electron chi connectivity index (χ4n) is 2.21. The maximum Gasteiger partial charge on any atom is 0.186 e. The smallest absolute Gasteiger partial charge is 0.186 e. The molecule has 2 heterocycles. The third-order valence-electron chi connectivity index (χ3n) is 3.30. The Morgan fingerprint density at radius 2 is 2.29 bits per heavy atom. The van der Waals surface area contributed by atoms with Crippen LogP contribution in [0.25, 0.3) is 6.08 Å². The van der Waals surface area contributed by atoms with Crippen molar-refractivity contribution in [2.24, 2.45) is 0 Å². The number of carbonyl (C=O) groups is 1. The second-order valence-corrected chi connectivity index (χ2v) is 7.80. The first kappa shape index (κ1) is 17.1. The summed E-state index contributed by atoms with van der Waals surface area (Å²) in [4.78, 5) is 17.3. The summed E-state index contributed by atoms with van der Waals surface area (Å²) in [6.07, 6.45) is 5.14. The topological polar surface area (TPSA) is 63.0 Å². The van der Waals surface area contributed by atoms with Crippen molar-refractivity contribution < 1.29 is 9.53 Å². The third-order valence-corrected chi connectivity index (χ3v) is 5.75. The molecule has 7 heteroatoms. The summed E-state index contributed by atoms with van der Waals surface area (Å²) in [5.74, 6) is 0.0961. The van der Waals surface area contributed by atoms with Gasteiger partial charge in [0.05, 0.1) is 14.4 Å². The number of hydrogen-bond donors (Lipinski definition) is 1. The van der Waals surface area contributed by atoms with E-state index in [1.165, 1.54) is 23.1 Å². The van der Waals surface area contributed by atoms with Crippen LogP contribution in [0.4, 0.5) is 0 Å². The van der Waals surface area contributed by atoms with Crippen LogP contribution >= 0.6 is 39.0 Å². The zero-order valence-corrected chi connectivity index (χ0v) is 15.7. The quantitative estimate of drug-likeness (QED) is 0.552. The SMILES string of the molecule is C=CCOc1ccc(/C=C2\SC(=N)[C@@H](c3nccs3)C2=O)cc1Br. The predicted octanol–water partition coefficient (Wildman–Crippen LogP) is 4.89. The van der Waals surface area contributed by atoms with Gasteiger partial charge in [0.1, 0.15) is 23.3 Å². The standard InChI is InChI=1S/C17H13BrN2O2S2/c1-2-6-22-12-4-3-10(8-11(12)18)9-13-15(21)14(16(19)24-13)17-20-5-7-23-17/h2-5,7-9,14,19H,1,6H2/b13-9-,19-16?/t14-/m0/s1. The molecule has 1 N–H and O–H groups in total. The molecule has 0 unspecified atom stereocenters. The maximum absolute atomic E-state index is 12.6. The molecule has 0 radical (unpaired) electrons. The number of benzene rings is 1. The second-order valence-electron chi connectivity index (χ2n) is 4.93. The van der Waals surface area contributed by atoms with E-state index < -0.39 is 5.92 Å². The van der Waals surface area contributed by atoms with Gasteiger partial charge in [-0.3, -0.25) is 10.2 Å². The molecule has 0 spiro atoms. The van der Waals surface area contributed by atoms with E-state index in [0.717, 1.165) is 15.8 Å². The summed E-state index contributed by atoms with van der Waals surface area (Å²) in [5.41, 5.74) is 0.872. The molecule has 24 heavy (non-hydrogen) atoms. The molecule has 3 rings (SSSR count). The van der Waals surface area contributed by atoms with Gasteiger partial charge in [-0.15, -0.1) is 11.3 Å². The van der Waals surface area contributed by atoms with Crippen molar-refractivity contribution in [3.8, 4) is 5.75 Å². The van der Waals surface area contributed by atoms with Gasteiger partial charge in [0.15, 0.2) is 5.78 Å². The zero-order valence-electron chi connectivity index (χ0n) is 12.5. The number of hydrogen-bond acceptors (Lipinski definition) is 6. The second kappa shape index (κ2) is 7.46. The molecule has 4 nitrogen and oxygen atoms in total. The molecule has 2 aromatic rings. The summed E-state index contributed by atoms with van der Waals surface area (Å²) < 4.78 is 6.32. The molecular formula is C17H13BrN2O2S2. The molecule has 1 aromatic heterocycles. The monoisotopic (exact) mass is 420 g/mol. The summed E-state index contributed by atoms with van der Waals surface area (Å²) in [5, 5.41) is 10.9. The van der Waals surface area contributed by atoms with Crippen LogP contribution in [0.15, 0.2) is 51.8 Å². The first-order chi connectivity index (χ1) is 11.6. The highest BCUT2D eigenvalue weighted by Gasteiger charge is 2.38. The number of nitrogens with one attached hydrogen (secondary N) is 1. The van der Waals surface area contributed by atoms with Crippen LogP contribution in [0, 0.1) is 5.41 Å². The van der Waals surface area contributed by atoms with Gasteiger partial charge in [0.25, 0.3) is 0 Å². The van der Waals surface area contributed by atoms with Crippen molar-refractivity contribution in [2.75, 3.05) is 6.61 Å². The normalized spacial score (nSPS) is 19.0. The van der Waals surface area contributed by atoms with E-state index in [1.54, 1.807) is 18.3 Å². The Balaban J connectivity index is 1.84. The van der Waals surface area contributed by atoms with Gasteiger partial charge < -0.3 is 4.74 Å². The number of carbonyl (C=O) groups excluding carboxylic acids is 1. The largest absolute Gasteiger partial charge is 0.488 e. The highest BCUT2D eigenvalue weighted by molar-refractivity contribution is 9.10. The molecule has 0 aliphatic carbocycles. The fourth-order valence-corrected chi connectivity index (χ4v) is 4.53. The molecule has 1 aromatic carbocycles. The number of nitrogens with zero attached hydrogens (tertiary/aromatic N) is 1. The van der Waals surface area contributed by atoms with Crippen molar-refractivity contribution >= 4 is 55.9 Å². The number of Topliss-reactive ketones (excluding diaryl/α,β-unsaturated/α-hetero) is 1. The van der Waals surface area contributed by atoms with Crippen LogP contribution in [0.5, 0.6) is 5.75 Å². The minimum absolute atomic E-state index is 0.0666. The number of halogens is 1. The molecule has 0 bridgehead atoms. The van der Waals surface area contributed by atoms with Crippen molar-refractivity contribution in [1.82, 2.24) is 4.98 Å². The van der Waals surface area contributed by atoms with Gasteiger partial charge in [-0.25, -0.2) is 4.98 Å². The van der Waals surface area contributed by atoms with Crippen LogP contribution in [-0.2, 0) is 4.79 Å². The van der Waals surface area contributed by atoms with Gasteiger partial charge >= 0.3 is 0 Å². The first-order valence-electron chi connectivity index (χ1n) is 7.05. The summed E-state index contributed by atoms with van der Waals surface area (Å²) >= 11 is 6.07. The predicted molar refractivity (Wildman–Crippen MR) is 103 cm³/mol. The molecule has 1 aliphatic heterocycles. The van der Waals surface area contributed by atoms with Crippen molar-refractivity contribution in [3.05, 3.63) is 62.4 Å². The average molecular weight is 421 g/mol. The fraction of sp³-hybridized carbons (Fsp3) is 0.118. The Hall–Kier alpha value is -1.70. The Kier molecular flexibility index (Phi) is 5.33. The molecule has 1 saturated heterocycles. The number of ketones is 1. The molecule has 1 fully saturated rings. The Morgan fingerprint density at radius 3 is 2.96 bits per heavy atom. The van der Waals surface area contributed by atoms with Crippen LogP contribution in [0.3, 0.4) is 0 Å². The lowest BCUT2D eigenvalue weighted by Gasteiger charge is -2.06. The molecular weight excluding hydrogens is 408 g/mol. The number of rotatable bonds is 5. The van der Waals surface area contributed by atoms with Gasteiger partial charge in [-0.2, -0.15) is 0 Å². The van der Waals surface area contributed by atoms with E-state index in [1.807, 2.05) is 23.6 Å². The van der Waals surface area contributed by atoms with Crippen LogP contribution < -0.4 is 4.74 Å². The lowest BCUT2D eigenvalue weighted by molar-refractivity contribution is -0.114. The van der Waals surface area contributed by atoms with Gasteiger partial charge in [-0.05, 0) is 39.7 Å². The first-order valence-corrected chi connectivity index (χ1v) is 9.54. The van der Waals surface area contributed by atoms with Crippen LogP contribution in [0.1, 0.15) is 16.5 Å². The maximum atomic E-state index is 12.6. The summed E-state index contributed by atoms with van der Waals surface area (Å²) in [6.45, 7) is 4.05. The number of ether oxygens (including phenoxy) is 1. The number of thioether (sulfide) groups is 1. The summed E-state index contributed by atoms with van der Waals surface area (Å²) in [6, 6.07) is 5.61. The van der Waals surface area contributed by atoms with Crippen molar-refractivity contribution in [1.29, 1.82) is 5.41 Å². The third kappa shape index (κ3) is 3.53. The number of thiazole rings is 1. The van der Waals surface area contributed by atoms with E-state index >= 15 is 0 Å². The lowest BCUT2D eigenvalue weighted by Crippen LogP contribution is -2.11.